The molecule has 2 fully saturated rings. The Hall–Kier alpha value is -3.13. The number of anilines is 2. The van der Waals surface area contributed by atoms with Crippen molar-refractivity contribution >= 4 is 34.5 Å². The second kappa shape index (κ2) is 11.3. The van der Waals surface area contributed by atoms with Crippen LogP contribution in [0, 0.1) is 11.0 Å². The fraction of sp³-hybridized carbons (Fsp3) is 0.591. The summed E-state index contributed by atoms with van der Waals surface area (Å²) in [6, 6.07) is 0.0947. The van der Waals surface area contributed by atoms with Crippen LogP contribution in [0.25, 0.3) is 0 Å². The first-order valence-corrected chi connectivity index (χ1v) is 12.6. The quantitative estimate of drug-likeness (QED) is 0.613. The number of piperidine rings is 2. The lowest BCUT2D eigenvalue weighted by Gasteiger charge is -2.39. The van der Waals surface area contributed by atoms with E-state index in [1.807, 2.05) is 0 Å². The van der Waals surface area contributed by atoms with Gasteiger partial charge in [0.25, 0.3) is 0 Å². The van der Waals surface area contributed by atoms with Gasteiger partial charge in [0.15, 0.2) is 10.3 Å². The molecule has 3 amide bonds. The molecule has 2 aliphatic heterocycles. The standard InChI is InChI=1S/C22H30F2N8O3S/c1-13-11-30(2)8-6-15(13)27-22(34)35-18-4-7-25-19(28-18)32-9-5-14(23)16(12-32)31(3)21(33)29-20-26-10-17(24)36-20/h4,7,10,13-16H,5-6,8-9,11-12H2,1-3H3,(H,27,34)(H,26,29,33)/t13-,14+,15+,16-/m0/s1. The molecule has 0 unspecified atom stereocenters. The van der Waals surface area contributed by atoms with Crippen molar-refractivity contribution < 1.29 is 23.1 Å². The van der Waals surface area contributed by atoms with Gasteiger partial charge in [-0.2, -0.15) is 9.37 Å². The molecule has 2 aromatic rings. The first-order chi connectivity index (χ1) is 17.2. The SMILES string of the molecule is C[C@H]1CN(C)CC[C@H]1NC(=O)Oc1ccnc(N2CC[C@@H](F)[C@@H](N(C)C(=O)Nc3ncc(F)s3)C2)n1. The van der Waals surface area contributed by atoms with Gasteiger partial charge in [-0.15, -0.1) is 0 Å². The maximum absolute atomic E-state index is 14.8. The smallest absolute Gasteiger partial charge is 0.391 e. The van der Waals surface area contributed by atoms with Gasteiger partial charge >= 0.3 is 12.1 Å². The van der Waals surface area contributed by atoms with Gasteiger partial charge in [0.1, 0.15) is 6.17 Å². The minimum Gasteiger partial charge on any atom is -0.391 e. The van der Waals surface area contributed by atoms with E-state index in [9.17, 15) is 18.4 Å². The Morgan fingerprint density at radius 2 is 2.06 bits per heavy atom. The highest BCUT2D eigenvalue weighted by atomic mass is 32.1. The summed E-state index contributed by atoms with van der Waals surface area (Å²) in [5.41, 5.74) is 0. The number of alkyl halides is 1. The molecule has 0 radical (unpaired) electrons. The van der Waals surface area contributed by atoms with Crippen LogP contribution in [0.1, 0.15) is 19.8 Å². The normalized spacial score (nSPS) is 24.8. The molecule has 4 heterocycles. The number of amides is 3. The van der Waals surface area contributed by atoms with E-state index in [2.05, 4.69) is 44.5 Å². The van der Waals surface area contributed by atoms with E-state index < -0.39 is 29.5 Å². The van der Waals surface area contributed by atoms with E-state index in [1.165, 1.54) is 24.2 Å². The summed E-state index contributed by atoms with van der Waals surface area (Å²) in [5.74, 6) is 0.634. The molecule has 11 nitrogen and oxygen atoms in total. The summed E-state index contributed by atoms with van der Waals surface area (Å²) in [4.78, 5) is 42.5. The highest BCUT2D eigenvalue weighted by Crippen LogP contribution is 2.24. The third-order valence-electron chi connectivity index (χ3n) is 6.52. The zero-order chi connectivity index (χ0) is 25.8. The topological polar surface area (TPSA) is 116 Å². The number of nitrogens with zero attached hydrogens (tertiary/aromatic N) is 6. The van der Waals surface area contributed by atoms with E-state index in [0.29, 0.717) is 23.8 Å². The Labute approximate surface area is 211 Å². The molecule has 0 aliphatic carbocycles. The van der Waals surface area contributed by atoms with Crippen molar-refractivity contribution in [1.82, 2.24) is 30.1 Å². The van der Waals surface area contributed by atoms with Crippen LogP contribution >= 0.6 is 11.3 Å². The van der Waals surface area contributed by atoms with Gasteiger partial charge in [-0.05, 0) is 32.4 Å². The molecule has 14 heteroatoms. The number of ether oxygens (including phenoxy) is 1. The van der Waals surface area contributed by atoms with Crippen molar-refractivity contribution in [2.45, 2.75) is 38.0 Å². The molecule has 2 aromatic heterocycles. The number of carbonyl (C=O) groups excluding carboxylic acids is 2. The molecule has 0 spiro atoms. The molecule has 2 N–H and O–H groups in total. The van der Waals surface area contributed by atoms with Crippen molar-refractivity contribution in [3.8, 4) is 5.88 Å². The Balaban J connectivity index is 1.36. The first-order valence-electron chi connectivity index (χ1n) is 11.7. The van der Waals surface area contributed by atoms with Crippen LogP contribution in [-0.4, -0.2) is 95.4 Å². The number of likely N-dealkylation sites (N-methyl/N-ethyl adjacent to an activating group) is 1. The summed E-state index contributed by atoms with van der Waals surface area (Å²) in [7, 11) is 3.52. The van der Waals surface area contributed by atoms with Gasteiger partial charge in [-0.3, -0.25) is 5.32 Å². The lowest BCUT2D eigenvalue weighted by atomic mass is 9.94. The number of rotatable bonds is 5. The molecule has 36 heavy (non-hydrogen) atoms. The van der Waals surface area contributed by atoms with Crippen LogP contribution in [0.2, 0.25) is 0 Å². The van der Waals surface area contributed by atoms with Gasteiger partial charge in [0.05, 0.1) is 12.2 Å². The molecule has 0 saturated carbocycles. The van der Waals surface area contributed by atoms with Crippen LogP contribution in [-0.2, 0) is 0 Å². The predicted octanol–water partition coefficient (Wildman–Crippen LogP) is 2.58. The van der Waals surface area contributed by atoms with Gasteiger partial charge in [-0.25, -0.2) is 23.9 Å². The number of carbonyl (C=O) groups is 2. The Morgan fingerprint density at radius 1 is 1.25 bits per heavy atom. The second-order valence-electron chi connectivity index (χ2n) is 9.19. The molecule has 196 valence electrons. The number of urea groups is 1. The van der Waals surface area contributed by atoms with Crippen LogP contribution in [0.4, 0.5) is 29.4 Å². The average molecular weight is 525 g/mol. The van der Waals surface area contributed by atoms with Crippen LogP contribution in [0.15, 0.2) is 18.5 Å². The molecular weight excluding hydrogens is 494 g/mol. The summed E-state index contributed by atoms with van der Waals surface area (Å²) < 4.78 is 33.3. The Kier molecular flexibility index (Phi) is 8.14. The minimum atomic E-state index is -1.27. The summed E-state index contributed by atoms with van der Waals surface area (Å²) in [6.07, 6.45) is 1.59. The van der Waals surface area contributed by atoms with Gasteiger partial charge in [0.2, 0.25) is 11.8 Å². The van der Waals surface area contributed by atoms with Crippen molar-refractivity contribution in [3.05, 3.63) is 23.6 Å². The maximum atomic E-state index is 14.8. The molecule has 4 rings (SSSR count). The molecule has 2 saturated heterocycles. The van der Waals surface area contributed by atoms with Crippen LogP contribution in [0.5, 0.6) is 5.88 Å². The minimum absolute atomic E-state index is 0.0156. The molecular formula is C22H30F2N8O3S. The number of aromatic nitrogens is 3. The lowest BCUT2D eigenvalue weighted by Crippen LogP contribution is -2.55. The zero-order valence-electron chi connectivity index (χ0n) is 20.4. The molecule has 0 bridgehead atoms. The lowest BCUT2D eigenvalue weighted by molar-refractivity contribution is 0.133. The monoisotopic (exact) mass is 524 g/mol. The number of halogens is 2. The summed E-state index contributed by atoms with van der Waals surface area (Å²) in [6.45, 7) is 4.32. The number of nitrogens with one attached hydrogen (secondary N) is 2. The van der Waals surface area contributed by atoms with Crippen LogP contribution < -0.4 is 20.3 Å². The van der Waals surface area contributed by atoms with E-state index in [4.69, 9.17) is 4.74 Å². The van der Waals surface area contributed by atoms with Crippen LogP contribution in [0.3, 0.4) is 0 Å². The largest absolute Gasteiger partial charge is 0.414 e. The zero-order valence-corrected chi connectivity index (χ0v) is 21.2. The second-order valence-corrected chi connectivity index (χ2v) is 10.2. The van der Waals surface area contributed by atoms with E-state index >= 15 is 0 Å². The van der Waals surface area contributed by atoms with Gasteiger partial charge in [0, 0.05) is 45.0 Å². The molecule has 2 aliphatic rings. The summed E-state index contributed by atoms with van der Waals surface area (Å²) >= 11 is 0.686. The number of likely N-dealkylation sites (tertiary alicyclic amines) is 1. The fourth-order valence-corrected chi connectivity index (χ4v) is 5.01. The fourth-order valence-electron chi connectivity index (χ4n) is 4.48. The van der Waals surface area contributed by atoms with E-state index in [0.717, 1.165) is 25.7 Å². The Bertz CT molecular complexity index is 1080. The summed E-state index contributed by atoms with van der Waals surface area (Å²) in [5, 5.41) is 4.94. The van der Waals surface area contributed by atoms with Crippen molar-refractivity contribution in [2.75, 3.05) is 50.5 Å². The third-order valence-corrected chi connectivity index (χ3v) is 7.22. The number of hydrogen-bond acceptors (Lipinski definition) is 9. The van der Waals surface area contributed by atoms with Crippen molar-refractivity contribution in [3.63, 3.8) is 0 Å². The molecule has 4 atom stereocenters. The predicted molar refractivity (Wildman–Crippen MR) is 131 cm³/mol. The highest BCUT2D eigenvalue weighted by molar-refractivity contribution is 7.14. The molecule has 0 aromatic carbocycles. The van der Waals surface area contributed by atoms with Gasteiger partial charge in [-0.1, -0.05) is 18.3 Å². The van der Waals surface area contributed by atoms with E-state index in [1.54, 1.807) is 4.90 Å². The average Bonchev–Trinajstić information content (AvgIpc) is 3.25. The number of thiazole rings is 1. The van der Waals surface area contributed by atoms with Crippen molar-refractivity contribution in [1.29, 1.82) is 0 Å². The van der Waals surface area contributed by atoms with E-state index in [-0.39, 0.29) is 36.0 Å². The first kappa shape index (κ1) is 25.9. The van der Waals surface area contributed by atoms with Crippen molar-refractivity contribution in [2.24, 2.45) is 5.92 Å². The van der Waals surface area contributed by atoms with Gasteiger partial charge < -0.3 is 24.8 Å². The highest BCUT2D eigenvalue weighted by Gasteiger charge is 2.35. The Morgan fingerprint density at radius 3 is 2.78 bits per heavy atom. The number of hydrogen-bond donors (Lipinski definition) is 2. The third kappa shape index (κ3) is 6.35. The maximum Gasteiger partial charge on any atom is 0.414 e.